The summed E-state index contributed by atoms with van der Waals surface area (Å²) >= 11 is 0. The molecular formula is C68H52N4OPt-2. The van der Waals surface area contributed by atoms with Crippen molar-refractivity contribution in [3.8, 4) is 84.3 Å². The quantitative estimate of drug-likeness (QED) is 0.123. The topological polar surface area (TPSA) is 35.9 Å². The molecule has 3 aromatic heterocycles. The van der Waals surface area contributed by atoms with Gasteiger partial charge in [-0.15, -0.1) is 29.7 Å². The van der Waals surface area contributed by atoms with Gasteiger partial charge in [0.15, 0.2) is 0 Å². The summed E-state index contributed by atoms with van der Waals surface area (Å²) in [4.78, 5) is 4.87. The van der Waals surface area contributed by atoms with Gasteiger partial charge in [-0.1, -0.05) is 199 Å². The third kappa shape index (κ3) is 7.81. The van der Waals surface area contributed by atoms with E-state index in [4.69, 9.17) is 13.8 Å². The molecule has 0 unspecified atom stereocenters. The largest absolute Gasteiger partial charge is 0.510 e. The van der Waals surface area contributed by atoms with Crippen molar-refractivity contribution >= 4 is 32.8 Å². The average molecular weight is 1140 g/mol. The van der Waals surface area contributed by atoms with Crippen molar-refractivity contribution in [1.29, 1.82) is 0 Å². The van der Waals surface area contributed by atoms with Crippen LogP contribution in [0.15, 0.2) is 206 Å². The Kier molecular flexibility index (Phi) is 10.1. The van der Waals surface area contributed by atoms with Gasteiger partial charge in [-0.05, 0) is 101 Å². The fraction of sp³-hybridized carbons (Fsp3) is 0.118. The molecule has 0 N–H and O–H groups in total. The van der Waals surface area contributed by atoms with Crippen molar-refractivity contribution in [2.45, 2.75) is 52.4 Å². The number of imidazole rings is 1. The fourth-order valence-corrected chi connectivity index (χ4v) is 10.8. The molecule has 3 heterocycles. The first-order chi connectivity index (χ1) is 37.6. The van der Waals surface area contributed by atoms with Crippen molar-refractivity contribution in [1.82, 2.24) is 14.1 Å². The van der Waals surface area contributed by atoms with E-state index >= 15 is 0 Å². The third-order valence-electron chi connectivity index (χ3n) is 14.2. The minimum absolute atomic E-state index is 0. The Morgan fingerprint density at radius 3 is 1.84 bits per heavy atom. The second-order valence-electron chi connectivity index (χ2n) is 20.8. The molecule has 0 aliphatic heterocycles. The summed E-state index contributed by atoms with van der Waals surface area (Å²) in [5, 5.41) is 2.11. The van der Waals surface area contributed by atoms with E-state index in [0.717, 1.165) is 88.7 Å². The molecule has 5 nitrogen and oxygen atoms in total. The molecule has 0 bridgehead atoms. The number of para-hydroxylation sites is 3. The maximum Gasteiger partial charge on any atom is 0.268 e. The van der Waals surface area contributed by atoms with Crippen molar-refractivity contribution in [3.63, 3.8) is 0 Å². The zero-order chi connectivity index (χ0) is 53.9. The van der Waals surface area contributed by atoms with Crippen LogP contribution in [0.4, 0.5) is 0 Å². The molecule has 0 saturated carbocycles. The Morgan fingerprint density at radius 2 is 1.15 bits per heavy atom. The van der Waals surface area contributed by atoms with E-state index in [0.29, 0.717) is 28.4 Å². The van der Waals surface area contributed by atoms with Gasteiger partial charge in [-0.2, -0.15) is 18.2 Å². The van der Waals surface area contributed by atoms with Crippen molar-refractivity contribution in [3.05, 3.63) is 236 Å². The van der Waals surface area contributed by atoms with Gasteiger partial charge < -0.3 is 13.9 Å². The van der Waals surface area contributed by atoms with Crippen LogP contribution in [0.2, 0.25) is 0 Å². The van der Waals surface area contributed by atoms with E-state index in [1.807, 2.05) is 82.1 Å². The van der Waals surface area contributed by atoms with Crippen LogP contribution in [0.1, 0.15) is 59.5 Å². The first-order valence-corrected chi connectivity index (χ1v) is 24.7. The maximum absolute atomic E-state index is 9.59. The van der Waals surface area contributed by atoms with Gasteiger partial charge in [0.2, 0.25) is 0 Å². The number of hydrogen-bond acceptors (Lipinski definition) is 2. The van der Waals surface area contributed by atoms with E-state index in [-0.39, 0.29) is 44.1 Å². The zero-order valence-electron chi connectivity index (χ0n) is 46.8. The van der Waals surface area contributed by atoms with Crippen LogP contribution in [-0.4, -0.2) is 14.1 Å². The summed E-state index contributed by atoms with van der Waals surface area (Å²) in [6, 6.07) is 63.1. The second kappa shape index (κ2) is 18.1. The Labute approximate surface area is 454 Å². The predicted octanol–water partition coefficient (Wildman–Crippen LogP) is 16.8. The number of aromatic nitrogens is 4. The Bertz CT molecular complexity index is 4440. The smallest absolute Gasteiger partial charge is 0.268 e. The first kappa shape index (κ1) is 41.4. The summed E-state index contributed by atoms with van der Waals surface area (Å²) in [7, 11) is 0. The predicted molar refractivity (Wildman–Crippen MR) is 298 cm³/mol. The van der Waals surface area contributed by atoms with Crippen LogP contribution in [0, 0.1) is 18.5 Å². The van der Waals surface area contributed by atoms with E-state index in [1.54, 1.807) is 0 Å². The standard InChI is InChI=1S/C68H52N4O.Pt/c1-67(2,3)45-37-38-69-63(39-45)72-59-32-17-16-29-53(59)54-36-35-48(41-62(54)72)73-47-24-20-23-46(40-47)70-43-71(61-34-19-18-33-60(61)70)66-57(44-21-8-7-9-22-44)42-58(68(4,5)6)64-55-30-14-12-27-51(55)49-25-10-11-26-50(49)52-28-13-15-31-56(52)65(64)66;/h7-39,42H,1-6H3;/q-2;/i7D,8D,9D,21D,22D;. The molecule has 1 aliphatic rings. The van der Waals surface area contributed by atoms with Crippen LogP contribution >= 0.6 is 0 Å². The normalized spacial score (nSPS) is 13.0. The Balaban J connectivity index is 0.00000623. The molecule has 1 aliphatic carbocycles. The number of pyridine rings is 1. The summed E-state index contributed by atoms with van der Waals surface area (Å²) in [5.74, 6) is 1.76. The van der Waals surface area contributed by atoms with Crippen molar-refractivity contribution in [2.75, 3.05) is 0 Å². The van der Waals surface area contributed by atoms with Crippen LogP contribution in [0.3, 0.4) is 0 Å². The Hall–Kier alpha value is -8.11. The third-order valence-corrected chi connectivity index (χ3v) is 14.2. The monoisotopic (exact) mass is 1140 g/mol. The summed E-state index contributed by atoms with van der Waals surface area (Å²) < 4.78 is 58.8. The molecule has 74 heavy (non-hydrogen) atoms. The molecule has 0 amide bonds. The molecule has 6 heteroatoms. The van der Waals surface area contributed by atoms with Gasteiger partial charge in [-0.3, -0.25) is 4.57 Å². The van der Waals surface area contributed by atoms with Gasteiger partial charge in [0.05, 0.1) is 23.6 Å². The van der Waals surface area contributed by atoms with E-state index in [2.05, 4.69) is 168 Å². The van der Waals surface area contributed by atoms with Gasteiger partial charge >= 0.3 is 0 Å². The molecule has 13 rings (SSSR count). The summed E-state index contributed by atoms with van der Waals surface area (Å²) in [5.41, 5.74) is 14.7. The molecule has 0 radical (unpaired) electrons. The van der Waals surface area contributed by atoms with E-state index in [1.165, 1.54) is 5.56 Å². The van der Waals surface area contributed by atoms with Crippen LogP contribution in [-0.2, 0) is 31.9 Å². The Morgan fingerprint density at radius 1 is 0.541 bits per heavy atom. The molecular weight excluding hydrogens is 1080 g/mol. The number of rotatable bonds is 6. The molecule has 9 aromatic carbocycles. The average Bonchev–Trinajstić information content (AvgIpc) is 3.84. The molecule has 0 saturated heterocycles. The fourth-order valence-electron chi connectivity index (χ4n) is 10.8. The minimum Gasteiger partial charge on any atom is -0.510 e. The molecule has 362 valence electrons. The van der Waals surface area contributed by atoms with Crippen LogP contribution in [0.25, 0.3) is 106 Å². The number of ether oxygens (including phenoxy) is 1. The van der Waals surface area contributed by atoms with E-state index in [9.17, 15) is 2.74 Å². The van der Waals surface area contributed by atoms with Crippen LogP contribution in [0.5, 0.6) is 11.5 Å². The minimum atomic E-state index is -0.504. The van der Waals surface area contributed by atoms with Gasteiger partial charge in [0.1, 0.15) is 5.82 Å². The molecule has 12 aromatic rings. The van der Waals surface area contributed by atoms with Gasteiger partial charge in [0.25, 0.3) is 6.33 Å². The number of hydrogen-bond donors (Lipinski definition) is 0. The second-order valence-corrected chi connectivity index (χ2v) is 20.8. The van der Waals surface area contributed by atoms with Crippen LogP contribution < -0.4 is 9.30 Å². The van der Waals surface area contributed by atoms with Crippen molar-refractivity contribution in [2.24, 2.45) is 0 Å². The van der Waals surface area contributed by atoms with E-state index < -0.39 is 23.5 Å². The SMILES string of the molecule is [2H]c1c([2H])c([2H])c(-c2cc(C(C)(C)C)c3c(c2-[n+]2[c-]n(-c4[c-]c(Oc5[c-]c6c(cc5)c5ccccc5n6-c5cc(C(C)(C)C)ccn5)ccc4)c4ccccc42)-c2ccccc2-c2ccccc2-c2ccccc2-3)c([2H])c1[2H].[Pt]. The first-order valence-electron chi connectivity index (χ1n) is 27.2. The van der Waals surface area contributed by atoms with Gasteiger partial charge in [0, 0.05) is 49.8 Å². The van der Waals surface area contributed by atoms with Gasteiger partial charge in [-0.25, -0.2) is 4.98 Å². The molecule has 0 spiro atoms. The molecule has 0 atom stereocenters. The summed E-state index contributed by atoms with van der Waals surface area (Å²) in [6.45, 7) is 13.1. The summed E-state index contributed by atoms with van der Waals surface area (Å²) in [6.07, 6.45) is 5.65. The number of fused-ring (bicyclic) bond motifs is 12. The zero-order valence-corrected chi connectivity index (χ0v) is 44.0. The number of nitrogens with zero attached hydrogens (tertiary/aromatic N) is 4. The van der Waals surface area contributed by atoms with Crippen molar-refractivity contribution < 1.29 is 37.2 Å². The maximum atomic E-state index is 9.59. The molecule has 0 fully saturated rings. The number of benzene rings is 9.